The molecule has 1 atom stereocenters. The number of ether oxygens (including phenoxy) is 2. The number of benzene rings is 1. The summed E-state index contributed by atoms with van der Waals surface area (Å²) in [6.45, 7) is 2.85. The molecule has 1 aromatic heterocycles. The van der Waals surface area contributed by atoms with E-state index in [0.717, 1.165) is 23.6 Å². The molecule has 0 bridgehead atoms. The number of nitrogens with one attached hydrogen (secondary N) is 1. The Morgan fingerprint density at radius 3 is 2.57 bits per heavy atom. The predicted octanol–water partition coefficient (Wildman–Crippen LogP) is 2.73. The maximum Gasteiger partial charge on any atom is 0.161 e. The first-order valence-corrected chi connectivity index (χ1v) is 6.98. The molecule has 1 N–H and O–H groups in total. The molecule has 5 nitrogen and oxygen atoms in total. The van der Waals surface area contributed by atoms with Gasteiger partial charge >= 0.3 is 0 Å². The van der Waals surface area contributed by atoms with Crippen molar-refractivity contribution in [3.05, 3.63) is 48.0 Å². The van der Waals surface area contributed by atoms with E-state index in [9.17, 15) is 0 Å². The van der Waals surface area contributed by atoms with Crippen molar-refractivity contribution in [2.24, 2.45) is 0 Å². The van der Waals surface area contributed by atoms with Crippen LogP contribution in [0.2, 0.25) is 0 Å². The second-order valence-corrected chi connectivity index (χ2v) is 4.66. The lowest BCUT2D eigenvalue weighted by atomic mass is 10.0. The molecule has 0 radical (unpaired) electrons. The molecule has 112 valence electrons. The molecule has 1 aromatic carbocycles. The highest BCUT2D eigenvalue weighted by Crippen LogP contribution is 2.30. The summed E-state index contributed by atoms with van der Waals surface area (Å²) in [6.07, 6.45) is 4.29. The fourth-order valence-electron chi connectivity index (χ4n) is 2.22. The fraction of sp³-hybridized carbons (Fsp3) is 0.375. The first-order chi connectivity index (χ1) is 10.3. The molecule has 5 heteroatoms. The van der Waals surface area contributed by atoms with Gasteiger partial charge in [0.15, 0.2) is 11.5 Å². The average molecular weight is 287 g/mol. The predicted molar refractivity (Wildman–Crippen MR) is 81.4 cm³/mol. The van der Waals surface area contributed by atoms with E-state index in [1.807, 2.05) is 18.2 Å². The summed E-state index contributed by atoms with van der Waals surface area (Å²) in [6, 6.07) is 8.15. The van der Waals surface area contributed by atoms with Crippen molar-refractivity contribution in [1.82, 2.24) is 15.3 Å². The largest absolute Gasteiger partial charge is 0.493 e. The maximum absolute atomic E-state index is 5.36. The monoisotopic (exact) mass is 287 g/mol. The highest BCUT2D eigenvalue weighted by atomic mass is 16.5. The molecular formula is C16H21N3O2. The third kappa shape index (κ3) is 3.92. The smallest absolute Gasteiger partial charge is 0.161 e. The van der Waals surface area contributed by atoms with E-state index >= 15 is 0 Å². The van der Waals surface area contributed by atoms with Crippen LogP contribution in [0.25, 0.3) is 0 Å². The van der Waals surface area contributed by atoms with Gasteiger partial charge in [0.2, 0.25) is 0 Å². The topological polar surface area (TPSA) is 56.3 Å². The van der Waals surface area contributed by atoms with Crippen LogP contribution in [0.1, 0.15) is 30.6 Å². The van der Waals surface area contributed by atoms with Gasteiger partial charge in [0, 0.05) is 18.8 Å². The van der Waals surface area contributed by atoms with E-state index in [1.165, 1.54) is 5.56 Å². The third-order valence-corrected chi connectivity index (χ3v) is 3.39. The summed E-state index contributed by atoms with van der Waals surface area (Å²) < 4.78 is 10.6. The molecule has 0 amide bonds. The number of nitrogens with zero attached hydrogens (tertiary/aromatic N) is 2. The molecule has 0 aliphatic heterocycles. The summed E-state index contributed by atoms with van der Waals surface area (Å²) in [4.78, 5) is 8.14. The van der Waals surface area contributed by atoms with Gasteiger partial charge in [0.05, 0.1) is 19.9 Å². The highest BCUT2D eigenvalue weighted by molar-refractivity contribution is 5.43. The van der Waals surface area contributed by atoms with Crippen LogP contribution in [0.15, 0.2) is 36.8 Å². The van der Waals surface area contributed by atoms with Gasteiger partial charge in [0.1, 0.15) is 6.33 Å². The van der Waals surface area contributed by atoms with Gasteiger partial charge in [-0.25, -0.2) is 9.97 Å². The molecular weight excluding hydrogens is 266 g/mol. The van der Waals surface area contributed by atoms with Gasteiger partial charge in [-0.3, -0.25) is 0 Å². The molecule has 1 unspecified atom stereocenters. The molecule has 2 aromatic rings. The van der Waals surface area contributed by atoms with E-state index in [0.29, 0.717) is 6.54 Å². The normalized spacial score (nSPS) is 12.0. The number of aromatic nitrogens is 2. The SMILES string of the molecule is CCC(NCc1ccncn1)c1ccc(OC)c(OC)c1. The Bertz CT molecular complexity index is 561. The molecule has 0 aliphatic rings. The highest BCUT2D eigenvalue weighted by Gasteiger charge is 2.12. The average Bonchev–Trinajstić information content (AvgIpc) is 2.56. The second kappa shape index (κ2) is 7.59. The van der Waals surface area contributed by atoms with Crippen LogP contribution in [-0.2, 0) is 6.54 Å². The van der Waals surface area contributed by atoms with Crippen LogP contribution in [0, 0.1) is 0 Å². The van der Waals surface area contributed by atoms with Crippen LogP contribution in [-0.4, -0.2) is 24.2 Å². The first-order valence-electron chi connectivity index (χ1n) is 6.98. The van der Waals surface area contributed by atoms with E-state index in [4.69, 9.17) is 9.47 Å². The first kappa shape index (κ1) is 15.3. The zero-order valence-electron chi connectivity index (χ0n) is 12.7. The Kier molecular flexibility index (Phi) is 5.51. The van der Waals surface area contributed by atoms with Crippen LogP contribution < -0.4 is 14.8 Å². The van der Waals surface area contributed by atoms with Crippen molar-refractivity contribution in [3.63, 3.8) is 0 Å². The van der Waals surface area contributed by atoms with Gasteiger partial charge in [0.25, 0.3) is 0 Å². The Morgan fingerprint density at radius 2 is 1.95 bits per heavy atom. The molecule has 0 aliphatic carbocycles. The quantitative estimate of drug-likeness (QED) is 0.848. The summed E-state index contributed by atoms with van der Waals surface area (Å²) in [5.74, 6) is 1.49. The molecule has 21 heavy (non-hydrogen) atoms. The zero-order chi connectivity index (χ0) is 15.1. The van der Waals surface area contributed by atoms with E-state index in [2.05, 4.69) is 28.3 Å². The third-order valence-electron chi connectivity index (χ3n) is 3.39. The molecule has 0 fully saturated rings. The lowest BCUT2D eigenvalue weighted by Gasteiger charge is -2.19. The van der Waals surface area contributed by atoms with Crippen molar-refractivity contribution >= 4 is 0 Å². The number of hydrogen-bond acceptors (Lipinski definition) is 5. The van der Waals surface area contributed by atoms with Gasteiger partial charge in [-0.1, -0.05) is 13.0 Å². The molecule has 0 saturated carbocycles. The summed E-state index contributed by atoms with van der Waals surface area (Å²) >= 11 is 0. The second-order valence-electron chi connectivity index (χ2n) is 4.66. The minimum Gasteiger partial charge on any atom is -0.493 e. The van der Waals surface area contributed by atoms with Gasteiger partial charge in [-0.2, -0.15) is 0 Å². The van der Waals surface area contributed by atoms with Crippen molar-refractivity contribution in [3.8, 4) is 11.5 Å². The molecule has 0 spiro atoms. The molecule has 1 heterocycles. The van der Waals surface area contributed by atoms with Crippen LogP contribution in [0.3, 0.4) is 0 Å². The van der Waals surface area contributed by atoms with Gasteiger partial charge in [-0.15, -0.1) is 0 Å². The van der Waals surface area contributed by atoms with Crippen molar-refractivity contribution in [2.45, 2.75) is 25.9 Å². The Balaban J connectivity index is 2.10. The van der Waals surface area contributed by atoms with Crippen LogP contribution in [0.5, 0.6) is 11.5 Å². The number of methoxy groups -OCH3 is 2. The van der Waals surface area contributed by atoms with E-state index < -0.39 is 0 Å². The van der Waals surface area contributed by atoms with E-state index in [1.54, 1.807) is 26.7 Å². The molecule has 0 saturated heterocycles. The van der Waals surface area contributed by atoms with E-state index in [-0.39, 0.29) is 6.04 Å². The standard InChI is InChI=1S/C16H21N3O2/c1-4-14(18-10-13-7-8-17-11-19-13)12-5-6-15(20-2)16(9-12)21-3/h5-9,11,14,18H,4,10H2,1-3H3. The van der Waals surface area contributed by atoms with Crippen molar-refractivity contribution in [2.75, 3.05) is 14.2 Å². The Morgan fingerprint density at radius 1 is 1.14 bits per heavy atom. The van der Waals surface area contributed by atoms with Crippen LogP contribution >= 0.6 is 0 Å². The Hall–Kier alpha value is -2.14. The summed E-state index contributed by atoms with van der Waals surface area (Å²) in [7, 11) is 3.29. The number of rotatable bonds is 7. The maximum atomic E-state index is 5.36. The van der Waals surface area contributed by atoms with Crippen molar-refractivity contribution in [1.29, 1.82) is 0 Å². The number of hydrogen-bond donors (Lipinski definition) is 1. The summed E-state index contributed by atoms with van der Waals surface area (Å²) in [5.41, 5.74) is 2.15. The lowest BCUT2D eigenvalue weighted by molar-refractivity contribution is 0.353. The molecule has 2 rings (SSSR count). The summed E-state index contributed by atoms with van der Waals surface area (Å²) in [5, 5.41) is 3.50. The van der Waals surface area contributed by atoms with Crippen LogP contribution in [0.4, 0.5) is 0 Å². The van der Waals surface area contributed by atoms with Crippen molar-refractivity contribution < 1.29 is 9.47 Å². The fourth-order valence-corrected chi connectivity index (χ4v) is 2.22. The zero-order valence-corrected chi connectivity index (χ0v) is 12.7. The lowest BCUT2D eigenvalue weighted by Crippen LogP contribution is -2.21. The minimum atomic E-state index is 0.236. The Labute approximate surface area is 125 Å². The van der Waals surface area contributed by atoms with Gasteiger partial charge in [-0.05, 0) is 30.2 Å². The van der Waals surface area contributed by atoms with Gasteiger partial charge < -0.3 is 14.8 Å². The minimum absolute atomic E-state index is 0.236.